The van der Waals surface area contributed by atoms with Gasteiger partial charge in [-0.15, -0.1) is 0 Å². The van der Waals surface area contributed by atoms with E-state index >= 15 is 0 Å². The van der Waals surface area contributed by atoms with Crippen LogP contribution in [-0.4, -0.2) is 10.7 Å². The minimum absolute atomic E-state index is 0.0842. The Hall–Kier alpha value is -4.69. The lowest BCUT2D eigenvalue weighted by Crippen LogP contribution is -2.11. The third-order valence-corrected chi connectivity index (χ3v) is 10.2. The van der Waals surface area contributed by atoms with Crippen molar-refractivity contribution in [2.45, 2.75) is 105 Å². The summed E-state index contributed by atoms with van der Waals surface area (Å²) in [5, 5.41) is 0. The Morgan fingerprint density at radius 1 is 0.451 bits per heavy atom. The van der Waals surface area contributed by atoms with Gasteiger partial charge in [0.15, 0.2) is 0 Å². The van der Waals surface area contributed by atoms with Crippen molar-refractivity contribution in [2.24, 2.45) is 4.99 Å². The monoisotopic (exact) mass is 672 g/mol. The van der Waals surface area contributed by atoms with E-state index in [2.05, 4.69) is 203 Å². The minimum Gasteiger partial charge on any atom is -0.354 e. The number of nitrogens with zero attached hydrogens (tertiary/aromatic N) is 1. The molecule has 6 rings (SSSR count). The van der Waals surface area contributed by atoms with Crippen LogP contribution in [0.1, 0.15) is 122 Å². The molecule has 5 aromatic rings. The maximum atomic E-state index is 5.34. The molecule has 2 heterocycles. The molecule has 0 radical (unpaired) electrons. The van der Waals surface area contributed by atoms with Crippen molar-refractivity contribution in [3.63, 3.8) is 0 Å². The number of hydrogen-bond acceptors (Lipinski definition) is 1. The van der Waals surface area contributed by atoms with E-state index in [1.165, 1.54) is 44.5 Å². The maximum absolute atomic E-state index is 5.34. The molecule has 0 atom stereocenters. The van der Waals surface area contributed by atoms with Gasteiger partial charge in [0.05, 0.1) is 11.4 Å². The second kappa shape index (κ2) is 13.1. The fraction of sp³-hybridized carbons (Fsp3) is 0.327. The fourth-order valence-electron chi connectivity index (χ4n) is 6.63. The molecule has 4 aromatic carbocycles. The third kappa shape index (κ3) is 7.96. The smallest absolute Gasteiger partial charge is 0.0737 e. The van der Waals surface area contributed by atoms with E-state index in [0.29, 0.717) is 0 Å². The van der Waals surface area contributed by atoms with Gasteiger partial charge in [0.1, 0.15) is 0 Å². The number of nitrogens with one attached hydrogen (secondary N) is 1. The molecule has 1 aliphatic rings. The predicted molar refractivity (Wildman–Crippen MR) is 222 cm³/mol. The van der Waals surface area contributed by atoms with Gasteiger partial charge in [-0.25, -0.2) is 4.99 Å². The van der Waals surface area contributed by atoms with E-state index in [1.807, 2.05) is 0 Å². The highest BCUT2D eigenvalue weighted by Gasteiger charge is 2.23. The zero-order chi connectivity index (χ0) is 36.9. The van der Waals surface area contributed by atoms with Crippen LogP contribution >= 0.6 is 0 Å². The zero-order valence-electron chi connectivity index (χ0n) is 32.9. The van der Waals surface area contributed by atoms with Crippen molar-refractivity contribution in [3.05, 3.63) is 154 Å². The summed E-state index contributed by atoms with van der Waals surface area (Å²) in [6, 6.07) is 38.3. The average molecular weight is 673 g/mol. The van der Waals surface area contributed by atoms with Crippen LogP contribution in [0.25, 0.3) is 34.0 Å². The summed E-state index contributed by atoms with van der Waals surface area (Å²) >= 11 is 0. The quantitative estimate of drug-likeness (QED) is 0.192. The highest BCUT2D eigenvalue weighted by molar-refractivity contribution is 6.18. The molecule has 0 fully saturated rings. The molecule has 0 saturated heterocycles. The molecule has 2 nitrogen and oxygen atoms in total. The lowest BCUT2D eigenvalue weighted by Gasteiger charge is -2.19. The number of benzene rings is 4. The molecule has 51 heavy (non-hydrogen) atoms. The zero-order valence-corrected chi connectivity index (χ0v) is 32.9. The topological polar surface area (TPSA) is 28.1 Å². The van der Waals surface area contributed by atoms with Crippen molar-refractivity contribution in [1.29, 1.82) is 0 Å². The lowest BCUT2D eigenvalue weighted by atomic mass is 9.86. The van der Waals surface area contributed by atoms with E-state index in [0.717, 1.165) is 33.9 Å². The summed E-state index contributed by atoms with van der Waals surface area (Å²) in [4.78, 5) is 9.17. The highest BCUT2D eigenvalue weighted by Crippen LogP contribution is 2.38. The van der Waals surface area contributed by atoms with Crippen molar-refractivity contribution in [1.82, 2.24) is 4.98 Å². The molecular formula is C49H56N2. The molecule has 0 saturated carbocycles. The van der Waals surface area contributed by atoms with Gasteiger partial charge in [-0.3, -0.25) is 0 Å². The second-order valence-corrected chi connectivity index (χ2v) is 18.4. The number of aromatic nitrogens is 1. The van der Waals surface area contributed by atoms with Gasteiger partial charge in [0.2, 0.25) is 0 Å². The van der Waals surface area contributed by atoms with Crippen LogP contribution in [0.15, 0.2) is 120 Å². The first-order valence-corrected chi connectivity index (χ1v) is 18.5. The van der Waals surface area contributed by atoms with Gasteiger partial charge >= 0.3 is 0 Å². The molecule has 2 heteroatoms. The van der Waals surface area contributed by atoms with E-state index in [-0.39, 0.29) is 21.7 Å². The lowest BCUT2D eigenvalue weighted by molar-refractivity contribution is 0.590. The molecule has 0 aliphatic carbocycles. The Labute approximate surface area is 307 Å². The van der Waals surface area contributed by atoms with E-state index in [1.54, 1.807) is 0 Å². The van der Waals surface area contributed by atoms with E-state index in [4.69, 9.17) is 4.99 Å². The molecule has 0 spiro atoms. The number of aliphatic imine (C=N–C) groups is 1. The normalized spacial score (nSPS) is 14.9. The van der Waals surface area contributed by atoms with Gasteiger partial charge in [0, 0.05) is 28.1 Å². The summed E-state index contributed by atoms with van der Waals surface area (Å²) in [5.74, 6) is 0. The Bertz CT molecular complexity index is 2100. The Kier molecular flexibility index (Phi) is 9.30. The van der Waals surface area contributed by atoms with Crippen LogP contribution in [0.4, 0.5) is 0 Å². The molecule has 1 N–H and O–H groups in total. The van der Waals surface area contributed by atoms with E-state index < -0.39 is 0 Å². The van der Waals surface area contributed by atoms with Crippen LogP contribution < -0.4 is 0 Å². The summed E-state index contributed by atoms with van der Waals surface area (Å²) in [5.41, 5.74) is 16.7. The van der Waals surface area contributed by atoms with Crippen LogP contribution in [0.5, 0.6) is 0 Å². The number of aromatic amines is 1. The molecule has 0 bridgehead atoms. The maximum Gasteiger partial charge on any atom is 0.0737 e. The SMILES string of the molecule is CC(C)(C)c1ccc(C2=CC(c3ccc(C(C)(C)C)cc3)=N/C2=C\c2[nH]c(-c3ccc(C(C)(C)C)cc3)cc2-c2ccc(C(C)(C)C)cc2)cc1. The molecule has 0 unspecified atom stereocenters. The second-order valence-electron chi connectivity index (χ2n) is 18.4. The average Bonchev–Trinajstić information content (AvgIpc) is 3.68. The van der Waals surface area contributed by atoms with Gasteiger partial charge in [-0.2, -0.15) is 0 Å². The summed E-state index contributed by atoms with van der Waals surface area (Å²) in [7, 11) is 0. The predicted octanol–water partition coefficient (Wildman–Crippen LogP) is 13.5. The Morgan fingerprint density at radius 2 is 0.824 bits per heavy atom. The molecule has 1 aliphatic heterocycles. The molecule has 262 valence electrons. The minimum atomic E-state index is 0.0842. The van der Waals surface area contributed by atoms with E-state index in [9.17, 15) is 0 Å². The van der Waals surface area contributed by atoms with Crippen LogP contribution in [0, 0.1) is 0 Å². The number of allylic oxidation sites excluding steroid dienone is 2. The summed E-state index contributed by atoms with van der Waals surface area (Å²) < 4.78 is 0. The van der Waals surface area contributed by atoms with Gasteiger partial charge in [-0.05, 0) is 78.8 Å². The number of H-pyrrole nitrogens is 1. The van der Waals surface area contributed by atoms with Gasteiger partial charge < -0.3 is 4.98 Å². The number of hydrogen-bond donors (Lipinski definition) is 1. The Morgan fingerprint density at radius 3 is 1.24 bits per heavy atom. The van der Waals surface area contributed by atoms with Crippen molar-refractivity contribution >= 4 is 17.4 Å². The first-order valence-electron chi connectivity index (χ1n) is 18.5. The van der Waals surface area contributed by atoms with Crippen LogP contribution in [0.3, 0.4) is 0 Å². The largest absolute Gasteiger partial charge is 0.354 e. The van der Waals surface area contributed by atoms with Crippen molar-refractivity contribution < 1.29 is 0 Å². The summed E-state index contributed by atoms with van der Waals surface area (Å²) in [6.45, 7) is 27.1. The van der Waals surface area contributed by atoms with Gasteiger partial charge in [0.25, 0.3) is 0 Å². The van der Waals surface area contributed by atoms with Crippen LogP contribution in [-0.2, 0) is 21.7 Å². The molecular weight excluding hydrogens is 617 g/mol. The molecule has 1 aromatic heterocycles. The molecule has 0 amide bonds. The first-order chi connectivity index (χ1) is 23.8. The van der Waals surface area contributed by atoms with Crippen molar-refractivity contribution in [3.8, 4) is 22.4 Å². The van der Waals surface area contributed by atoms with Crippen LogP contribution in [0.2, 0.25) is 0 Å². The Balaban J connectivity index is 1.50. The fourth-order valence-corrected chi connectivity index (χ4v) is 6.63. The first kappa shape index (κ1) is 36.1. The standard InChI is InChI=1S/C49H56N2/c1-46(2,3)36-21-13-32(14-22-36)40-29-42(34-17-25-38(26-18-34)48(7,8)9)50-44(40)31-45-41(33-15-23-37(24-16-33)47(4,5)6)30-43(51-45)35-19-27-39(28-20-35)49(10,11)12/h13-31,50H,1-12H3/b45-31-. The number of rotatable bonds is 5. The third-order valence-electron chi connectivity index (χ3n) is 10.2. The summed E-state index contributed by atoms with van der Waals surface area (Å²) in [6.07, 6.45) is 4.51. The van der Waals surface area contributed by atoms with Crippen molar-refractivity contribution in [2.75, 3.05) is 0 Å². The highest BCUT2D eigenvalue weighted by atomic mass is 14.8. The van der Waals surface area contributed by atoms with Gasteiger partial charge in [-0.1, -0.05) is 180 Å².